The quantitative estimate of drug-likeness (QED) is 0.802. The van der Waals surface area contributed by atoms with Crippen molar-refractivity contribution in [3.05, 3.63) is 29.6 Å². The molecular weight excluding hydrogens is 222 g/mol. The first-order valence-electron chi connectivity index (χ1n) is 6.69. The van der Waals surface area contributed by atoms with E-state index in [1.54, 1.807) is 6.20 Å². The number of nitriles is 1. The lowest BCUT2D eigenvalue weighted by Crippen LogP contribution is -2.45. The van der Waals surface area contributed by atoms with Gasteiger partial charge < -0.3 is 0 Å². The molecule has 3 nitrogen and oxygen atoms in total. The van der Waals surface area contributed by atoms with Crippen molar-refractivity contribution in [2.45, 2.75) is 39.8 Å². The van der Waals surface area contributed by atoms with Gasteiger partial charge in [0, 0.05) is 25.3 Å². The van der Waals surface area contributed by atoms with Crippen molar-refractivity contribution >= 4 is 0 Å². The van der Waals surface area contributed by atoms with Crippen LogP contribution in [0.3, 0.4) is 0 Å². The minimum absolute atomic E-state index is 0.512. The van der Waals surface area contributed by atoms with Gasteiger partial charge in [0.2, 0.25) is 0 Å². The fourth-order valence-electron chi connectivity index (χ4n) is 2.91. The maximum absolute atomic E-state index is 8.88. The van der Waals surface area contributed by atoms with Crippen molar-refractivity contribution in [2.24, 2.45) is 11.8 Å². The molecule has 2 rings (SSSR count). The molecular formula is C15H21N3. The zero-order chi connectivity index (χ0) is 13.1. The molecule has 3 atom stereocenters. The summed E-state index contributed by atoms with van der Waals surface area (Å²) >= 11 is 0. The summed E-state index contributed by atoms with van der Waals surface area (Å²) in [5.74, 6) is 1.50. The molecule has 0 saturated carbocycles. The van der Waals surface area contributed by atoms with E-state index in [0.29, 0.717) is 11.7 Å². The fraction of sp³-hybridized carbons (Fsp3) is 0.600. The highest BCUT2D eigenvalue weighted by Crippen LogP contribution is 2.28. The minimum Gasteiger partial charge on any atom is -0.296 e. The summed E-state index contributed by atoms with van der Waals surface area (Å²) < 4.78 is 0. The SMILES string of the molecule is CC1CC(C)C(C)N(Cc2ccnc(C#N)c2)C1. The number of likely N-dealkylation sites (tertiary alicyclic amines) is 1. The van der Waals surface area contributed by atoms with E-state index in [0.717, 1.165) is 24.9 Å². The molecule has 3 heteroatoms. The number of hydrogen-bond donors (Lipinski definition) is 0. The molecule has 96 valence electrons. The number of aromatic nitrogens is 1. The molecule has 0 amide bonds. The number of pyridine rings is 1. The summed E-state index contributed by atoms with van der Waals surface area (Å²) in [5, 5.41) is 8.88. The van der Waals surface area contributed by atoms with Gasteiger partial charge in [-0.05, 0) is 42.9 Å². The van der Waals surface area contributed by atoms with E-state index in [1.807, 2.05) is 12.1 Å². The highest BCUT2D eigenvalue weighted by atomic mass is 15.2. The summed E-state index contributed by atoms with van der Waals surface area (Å²) in [7, 11) is 0. The van der Waals surface area contributed by atoms with Gasteiger partial charge in [0.15, 0.2) is 0 Å². The lowest BCUT2D eigenvalue weighted by Gasteiger charge is -2.41. The van der Waals surface area contributed by atoms with Crippen LogP contribution in [0.4, 0.5) is 0 Å². The van der Waals surface area contributed by atoms with Gasteiger partial charge in [-0.15, -0.1) is 0 Å². The van der Waals surface area contributed by atoms with Crippen LogP contribution in [0.5, 0.6) is 0 Å². The Balaban J connectivity index is 2.10. The molecule has 0 aromatic carbocycles. The Labute approximate surface area is 109 Å². The first-order chi connectivity index (χ1) is 8.60. The molecule has 1 saturated heterocycles. The van der Waals surface area contributed by atoms with Crippen molar-refractivity contribution in [1.82, 2.24) is 9.88 Å². The van der Waals surface area contributed by atoms with Gasteiger partial charge in [0.25, 0.3) is 0 Å². The summed E-state index contributed by atoms with van der Waals surface area (Å²) in [6.07, 6.45) is 3.05. The largest absolute Gasteiger partial charge is 0.296 e. The lowest BCUT2D eigenvalue weighted by molar-refractivity contribution is 0.0729. The highest BCUT2D eigenvalue weighted by Gasteiger charge is 2.28. The molecule has 1 aromatic heterocycles. The van der Waals surface area contributed by atoms with Crippen molar-refractivity contribution in [1.29, 1.82) is 5.26 Å². The zero-order valence-electron chi connectivity index (χ0n) is 11.4. The standard InChI is InChI=1S/C15H21N3/c1-11-6-12(2)13(3)18(9-11)10-14-4-5-17-15(7-14)8-16/h4-5,7,11-13H,6,9-10H2,1-3H3. The van der Waals surface area contributed by atoms with Crippen molar-refractivity contribution in [3.63, 3.8) is 0 Å². The molecule has 0 N–H and O–H groups in total. The average Bonchev–Trinajstić information content (AvgIpc) is 2.35. The maximum Gasteiger partial charge on any atom is 0.140 e. The lowest BCUT2D eigenvalue weighted by atomic mass is 9.86. The van der Waals surface area contributed by atoms with E-state index in [2.05, 4.69) is 36.7 Å². The molecule has 1 fully saturated rings. The second-order valence-electron chi connectivity index (χ2n) is 5.65. The van der Waals surface area contributed by atoms with Crippen molar-refractivity contribution in [3.8, 4) is 6.07 Å². The molecule has 18 heavy (non-hydrogen) atoms. The predicted octanol–water partition coefficient (Wildman–Crippen LogP) is 2.82. The second kappa shape index (κ2) is 5.49. The Kier molecular flexibility index (Phi) is 3.98. The van der Waals surface area contributed by atoms with Gasteiger partial charge >= 0.3 is 0 Å². The minimum atomic E-state index is 0.512. The Morgan fingerprint density at radius 1 is 1.44 bits per heavy atom. The molecule has 3 unspecified atom stereocenters. The van der Waals surface area contributed by atoms with Crippen LogP contribution in [-0.4, -0.2) is 22.5 Å². The number of rotatable bonds is 2. The van der Waals surface area contributed by atoms with Crippen LogP contribution >= 0.6 is 0 Å². The number of piperidine rings is 1. The van der Waals surface area contributed by atoms with Gasteiger partial charge in [0.1, 0.15) is 11.8 Å². The highest BCUT2D eigenvalue weighted by molar-refractivity contribution is 5.25. The average molecular weight is 243 g/mol. The van der Waals surface area contributed by atoms with E-state index < -0.39 is 0 Å². The maximum atomic E-state index is 8.88. The Morgan fingerprint density at radius 3 is 2.94 bits per heavy atom. The molecule has 0 aliphatic carbocycles. The Bertz CT molecular complexity index is 449. The molecule has 0 spiro atoms. The summed E-state index contributed by atoms with van der Waals surface area (Å²) in [6, 6.07) is 6.63. The zero-order valence-corrected chi connectivity index (χ0v) is 11.4. The monoisotopic (exact) mass is 243 g/mol. The second-order valence-corrected chi connectivity index (χ2v) is 5.65. The summed E-state index contributed by atoms with van der Waals surface area (Å²) in [4.78, 5) is 6.54. The third-order valence-corrected chi connectivity index (χ3v) is 4.04. The van der Waals surface area contributed by atoms with E-state index in [9.17, 15) is 0 Å². The van der Waals surface area contributed by atoms with E-state index >= 15 is 0 Å². The van der Waals surface area contributed by atoms with Gasteiger partial charge in [-0.3, -0.25) is 4.90 Å². The molecule has 2 heterocycles. The van der Waals surface area contributed by atoms with E-state index in [-0.39, 0.29) is 0 Å². The fourth-order valence-corrected chi connectivity index (χ4v) is 2.91. The van der Waals surface area contributed by atoms with Gasteiger partial charge in [0.05, 0.1) is 0 Å². The van der Waals surface area contributed by atoms with Crippen LogP contribution in [0.1, 0.15) is 38.4 Å². The Morgan fingerprint density at radius 2 is 2.22 bits per heavy atom. The van der Waals surface area contributed by atoms with Crippen molar-refractivity contribution in [2.75, 3.05) is 6.54 Å². The van der Waals surface area contributed by atoms with Crippen LogP contribution in [0.2, 0.25) is 0 Å². The summed E-state index contributed by atoms with van der Waals surface area (Å²) in [6.45, 7) is 9.04. The van der Waals surface area contributed by atoms with Gasteiger partial charge in [-0.2, -0.15) is 5.26 Å². The molecule has 0 radical (unpaired) electrons. The Hall–Kier alpha value is -1.40. The smallest absolute Gasteiger partial charge is 0.140 e. The first-order valence-corrected chi connectivity index (χ1v) is 6.69. The molecule has 1 aliphatic rings. The topological polar surface area (TPSA) is 39.9 Å². The number of hydrogen-bond acceptors (Lipinski definition) is 3. The van der Waals surface area contributed by atoms with Crippen LogP contribution in [0.15, 0.2) is 18.3 Å². The van der Waals surface area contributed by atoms with Crippen LogP contribution < -0.4 is 0 Å². The summed E-state index contributed by atoms with van der Waals surface area (Å²) in [5.41, 5.74) is 1.70. The van der Waals surface area contributed by atoms with E-state index in [4.69, 9.17) is 5.26 Å². The normalized spacial score (nSPS) is 28.9. The van der Waals surface area contributed by atoms with Crippen LogP contribution in [0, 0.1) is 23.2 Å². The third kappa shape index (κ3) is 2.88. The molecule has 1 aromatic rings. The molecule has 1 aliphatic heterocycles. The van der Waals surface area contributed by atoms with Gasteiger partial charge in [-0.25, -0.2) is 4.98 Å². The predicted molar refractivity (Wildman–Crippen MR) is 71.8 cm³/mol. The van der Waals surface area contributed by atoms with E-state index in [1.165, 1.54) is 12.0 Å². The third-order valence-electron chi connectivity index (χ3n) is 4.04. The number of nitrogens with zero attached hydrogens (tertiary/aromatic N) is 3. The van der Waals surface area contributed by atoms with Crippen LogP contribution in [-0.2, 0) is 6.54 Å². The van der Waals surface area contributed by atoms with Gasteiger partial charge in [-0.1, -0.05) is 13.8 Å². The van der Waals surface area contributed by atoms with Crippen LogP contribution in [0.25, 0.3) is 0 Å². The molecule has 0 bridgehead atoms. The van der Waals surface area contributed by atoms with Crippen molar-refractivity contribution < 1.29 is 0 Å². The first kappa shape index (κ1) is 13.0.